The molecule has 0 saturated carbocycles. The third kappa shape index (κ3) is 5.46. The zero-order valence-electron chi connectivity index (χ0n) is 11.0. The summed E-state index contributed by atoms with van der Waals surface area (Å²) in [7, 11) is 0. The van der Waals surface area contributed by atoms with Gasteiger partial charge in [0.25, 0.3) is 0 Å². The fourth-order valence-electron chi connectivity index (χ4n) is 1.68. The van der Waals surface area contributed by atoms with Gasteiger partial charge in [0.2, 0.25) is 0 Å². The minimum atomic E-state index is 0.280. The summed E-state index contributed by atoms with van der Waals surface area (Å²) in [6.45, 7) is 6.40. The Morgan fingerprint density at radius 3 is 2.82 bits per heavy atom. The monoisotopic (exact) mass is 253 g/mol. The molecule has 0 fully saturated rings. The van der Waals surface area contributed by atoms with E-state index in [1.165, 1.54) is 4.90 Å². The molecule has 1 N–H and O–H groups in total. The van der Waals surface area contributed by atoms with Gasteiger partial charge in [-0.2, -0.15) is 0 Å². The third-order valence-electron chi connectivity index (χ3n) is 2.61. The van der Waals surface area contributed by atoms with Gasteiger partial charge in [-0.25, -0.2) is 0 Å². The summed E-state index contributed by atoms with van der Waals surface area (Å²) < 4.78 is 5.97. The number of hydrogen-bond acceptors (Lipinski definition) is 3. The van der Waals surface area contributed by atoms with Crippen LogP contribution >= 0.6 is 11.8 Å². The van der Waals surface area contributed by atoms with E-state index in [9.17, 15) is 0 Å². The Balaban J connectivity index is 2.36. The van der Waals surface area contributed by atoms with Gasteiger partial charge >= 0.3 is 0 Å². The van der Waals surface area contributed by atoms with Crippen LogP contribution in [-0.2, 0) is 0 Å². The summed E-state index contributed by atoms with van der Waals surface area (Å²) in [6.07, 6.45) is 4.62. The van der Waals surface area contributed by atoms with Crippen LogP contribution in [0, 0.1) is 0 Å². The van der Waals surface area contributed by atoms with Gasteiger partial charge in [0, 0.05) is 4.90 Å². The Kier molecular flexibility index (Phi) is 7.13. The fraction of sp³-hybridized carbons (Fsp3) is 0.571. The first-order valence-electron chi connectivity index (χ1n) is 6.28. The predicted octanol–water partition coefficient (Wildman–Crippen LogP) is 3.57. The van der Waals surface area contributed by atoms with Crippen LogP contribution in [0.1, 0.15) is 26.7 Å². The van der Waals surface area contributed by atoms with Crippen LogP contribution in [0.2, 0.25) is 0 Å². The summed E-state index contributed by atoms with van der Waals surface area (Å²) in [4.78, 5) is 1.21. The summed E-state index contributed by atoms with van der Waals surface area (Å²) in [6, 6.07) is 8.23. The van der Waals surface area contributed by atoms with E-state index in [1.54, 1.807) is 11.8 Å². The lowest BCUT2D eigenvalue weighted by Crippen LogP contribution is -2.18. The largest absolute Gasteiger partial charge is 0.490 e. The molecule has 0 spiro atoms. The van der Waals surface area contributed by atoms with Crippen molar-refractivity contribution >= 4 is 11.8 Å². The Morgan fingerprint density at radius 1 is 1.35 bits per heavy atom. The van der Waals surface area contributed by atoms with E-state index in [-0.39, 0.29) is 6.10 Å². The standard InChI is InChI=1S/C14H23NOS/c1-4-15-11-7-8-12(2)16-13-9-5-6-10-14(13)17-3/h5-6,9-10,12,15H,4,7-8,11H2,1-3H3. The third-order valence-corrected chi connectivity index (χ3v) is 3.39. The van der Waals surface area contributed by atoms with Gasteiger partial charge in [0.1, 0.15) is 5.75 Å². The number of hydrogen-bond donors (Lipinski definition) is 1. The number of rotatable bonds is 8. The zero-order valence-corrected chi connectivity index (χ0v) is 11.8. The Labute approximate surface area is 109 Å². The van der Waals surface area contributed by atoms with Gasteiger partial charge in [-0.3, -0.25) is 0 Å². The minimum absolute atomic E-state index is 0.280. The summed E-state index contributed by atoms with van der Waals surface area (Å²) in [5.74, 6) is 1.01. The van der Waals surface area contributed by atoms with E-state index in [4.69, 9.17) is 4.74 Å². The maximum atomic E-state index is 5.97. The highest BCUT2D eigenvalue weighted by molar-refractivity contribution is 7.98. The van der Waals surface area contributed by atoms with E-state index < -0.39 is 0 Å². The summed E-state index contributed by atoms with van der Waals surface area (Å²) in [5.41, 5.74) is 0. The first kappa shape index (κ1) is 14.4. The highest BCUT2D eigenvalue weighted by atomic mass is 32.2. The number of benzene rings is 1. The second-order valence-corrected chi connectivity index (χ2v) is 4.92. The lowest BCUT2D eigenvalue weighted by atomic mass is 10.2. The van der Waals surface area contributed by atoms with Crippen LogP contribution in [0.15, 0.2) is 29.2 Å². The van der Waals surface area contributed by atoms with E-state index in [2.05, 4.69) is 37.6 Å². The van der Waals surface area contributed by atoms with Gasteiger partial charge < -0.3 is 10.1 Å². The molecule has 1 atom stereocenters. The van der Waals surface area contributed by atoms with Crippen LogP contribution in [0.4, 0.5) is 0 Å². The molecule has 1 aromatic rings. The van der Waals surface area contributed by atoms with Gasteiger partial charge in [-0.05, 0) is 51.2 Å². The number of ether oxygens (including phenoxy) is 1. The molecule has 17 heavy (non-hydrogen) atoms. The Morgan fingerprint density at radius 2 is 2.12 bits per heavy atom. The van der Waals surface area contributed by atoms with Gasteiger partial charge in [0.05, 0.1) is 6.10 Å². The highest BCUT2D eigenvalue weighted by Gasteiger charge is 2.07. The number of thioether (sulfide) groups is 1. The quantitative estimate of drug-likeness (QED) is 0.565. The van der Waals surface area contributed by atoms with Crippen LogP contribution in [0.25, 0.3) is 0 Å². The van der Waals surface area contributed by atoms with E-state index in [0.29, 0.717) is 0 Å². The number of para-hydroxylation sites is 1. The molecule has 0 aromatic heterocycles. The Bertz CT molecular complexity index is 317. The average Bonchev–Trinajstić information content (AvgIpc) is 2.35. The van der Waals surface area contributed by atoms with E-state index >= 15 is 0 Å². The molecule has 0 amide bonds. The molecule has 2 nitrogen and oxygen atoms in total. The zero-order chi connectivity index (χ0) is 12.5. The molecule has 1 aromatic carbocycles. The van der Waals surface area contributed by atoms with Crippen molar-refractivity contribution in [2.75, 3.05) is 19.3 Å². The molecular formula is C14H23NOS. The average molecular weight is 253 g/mol. The van der Waals surface area contributed by atoms with Gasteiger partial charge in [0.15, 0.2) is 0 Å². The molecule has 0 saturated heterocycles. The van der Waals surface area contributed by atoms with Crippen molar-refractivity contribution in [2.45, 2.75) is 37.7 Å². The van der Waals surface area contributed by atoms with Crippen LogP contribution in [0.3, 0.4) is 0 Å². The maximum absolute atomic E-state index is 5.97. The van der Waals surface area contributed by atoms with Crippen molar-refractivity contribution in [1.29, 1.82) is 0 Å². The molecule has 96 valence electrons. The second-order valence-electron chi connectivity index (χ2n) is 4.08. The predicted molar refractivity (Wildman–Crippen MR) is 76.1 cm³/mol. The molecule has 1 rings (SSSR count). The molecule has 0 heterocycles. The molecule has 0 aliphatic carbocycles. The molecule has 3 heteroatoms. The highest BCUT2D eigenvalue weighted by Crippen LogP contribution is 2.28. The topological polar surface area (TPSA) is 21.3 Å². The van der Waals surface area contributed by atoms with Crippen LogP contribution < -0.4 is 10.1 Å². The smallest absolute Gasteiger partial charge is 0.133 e. The van der Waals surface area contributed by atoms with Crippen molar-refractivity contribution < 1.29 is 4.74 Å². The number of nitrogens with one attached hydrogen (secondary N) is 1. The normalized spacial score (nSPS) is 12.4. The van der Waals surface area contributed by atoms with Crippen molar-refractivity contribution in [3.63, 3.8) is 0 Å². The van der Waals surface area contributed by atoms with Crippen molar-refractivity contribution in [2.24, 2.45) is 0 Å². The SMILES string of the molecule is CCNCCCC(C)Oc1ccccc1SC. The molecular weight excluding hydrogens is 230 g/mol. The molecule has 1 unspecified atom stereocenters. The van der Waals surface area contributed by atoms with Crippen LogP contribution in [-0.4, -0.2) is 25.4 Å². The summed E-state index contributed by atoms with van der Waals surface area (Å²) >= 11 is 1.73. The van der Waals surface area contributed by atoms with E-state index in [0.717, 1.165) is 31.7 Å². The molecule has 0 aliphatic heterocycles. The Hall–Kier alpha value is -0.670. The van der Waals surface area contributed by atoms with Crippen LogP contribution in [0.5, 0.6) is 5.75 Å². The molecule has 0 radical (unpaired) electrons. The van der Waals surface area contributed by atoms with Gasteiger partial charge in [-0.15, -0.1) is 11.8 Å². The maximum Gasteiger partial charge on any atom is 0.133 e. The summed E-state index contributed by atoms with van der Waals surface area (Å²) in [5, 5.41) is 3.33. The lowest BCUT2D eigenvalue weighted by Gasteiger charge is -2.16. The van der Waals surface area contributed by atoms with Crippen molar-refractivity contribution in [3.05, 3.63) is 24.3 Å². The lowest BCUT2D eigenvalue weighted by molar-refractivity contribution is 0.202. The van der Waals surface area contributed by atoms with Crippen molar-refractivity contribution in [1.82, 2.24) is 5.32 Å². The fourth-order valence-corrected chi connectivity index (χ4v) is 2.22. The second kappa shape index (κ2) is 8.43. The minimum Gasteiger partial charge on any atom is -0.490 e. The van der Waals surface area contributed by atoms with Crippen molar-refractivity contribution in [3.8, 4) is 5.75 Å². The first-order chi connectivity index (χ1) is 8.27. The molecule has 0 aliphatic rings. The molecule has 0 bridgehead atoms. The van der Waals surface area contributed by atoms with E-state index in [1.807, 2.05) is 12.1 Å². The first-order valence-corrected chi connectivity index (χ1v) is 7.50. The van der Waals surface area contributed by atoms with Gasteiger partial charge in [-0.1, -0.05) is 19.1 Å².